The van der Waals surface area contributed by atoms with Gasteiger partial charge in [0.25, 0.3) is 0 Å². The fourth-order valence-electron chi connectivity index (χ4n) is 3.92. The second kappa shape index (κ2) is 9.21. The van der Waals surface area contributed by atoms with Gasteiger partial charge < -0.3 is 15.6 Å². The molecular weight excluding hydrogens is 412 g/mol. The van der Waals surface area contributed by atoms with Crippen molar-refractivity contribution in [3.05, 3.63) is 59.8 Å². The molecule has 1 aliphatic heterocycles. The van der Waals surface area contributed by atoms with Gasteiger partial charge >= 0.3 is 0 Å². The predicted octanol–water partition coefficient (Wildman–Crippen LogP) is 3.03. The van der Waals surface area contributed by atoms with E-state index in [0.717, 1.165) is 24.8 Å². The van der Waals surface area contributed by atoms with Gasteiger partial charge in [0.1, 0.15) is 0 Å². The van der Waals surface area contributed by atoms with Crippen LogP contribution in [-0.2, 0) is 21.2 Å². The second-order valence-corrected chi connectivity index (χ2v) is 9.91. The summed E-state index contributed by atoms with van der Waals surface area (Å²) in [5.74, 6) is -0.162. The molecule has 31 heavy (non-hydrogen) atoms. The Hall–Kier alpha value is -2.68. The number of hydrogen-bond acceptors (Lipinski definition) is 4. The number of amides is 1. The van der Waals surface area contributed by atoms with Crippen LogP contribution < -0.4 is 10.6 Å². The van der Waals surface area contributed by atoms with E-state index in [-0.39, 0.29) is 17.3 Å². The van der Waals surface area contributed by atoms with Crippen LogP contribution in [-0.4, -0.2) is 49.8 Å². The number of hydrogen-bond donors (Lipinski definition) is 3. The summed E-state index contributed by atoms with van der Waals surface area (Å²) in [6.07, 6.45) is 4.64. The Morgan fingerprint density at radius 2 is 1.84 bits per heavy atom. The van der Waals surface area contributed by atoms with Gasteiger partial charge in [0.2, 0.25) is 15.9 Å². The first kappa shape index (κ1) is 21.5. The lowest BCUT2D eigenvalue weighted by Gasteiger charge is -2.15. The Morgan fingerprint density at radius 1 is 1.10 bits per heavy atom. The average Bonchev–Trinajstić information content (AvgIpc) is 3.42. The number of H-pyrrole nitrogens is 1. The number of nitrogens with one attached hydrogen (secondary N) is 3. The summed E-state index contributed by atoms with van der Waals surface area (Å²) in [7, 11) is -3.44. The Kier molecular flexibility index (Phi) is 6.41. The highest BCUT2D eigenvalue weighted by Gasteiger charge is 2.26. The van der Waals surface area contributed by atoms with E-state index in [9.17, 15) is 13.2 Å². The molecule has 1 fully saturated rings. The molecule has 4 rings (SSSR count). The molecule has 0 saturated carbocycles. The van der Waals surface area contributed by atoms with Crippen molar-refractivity contribution in [2.24, 2.45) is 0 Å². The Balaban J connectivity index is 1.25. The Labute approximate surface area is 182 Å². The van der Waals surface area contributed by atoms with Gasteiger partial charge in [-0.1, -0.05) is 11.6 Å². The third-order valence-corrected chi connectivity index (χ3v) is 7.53. The minimum absolute atomic E-state index is 0.162. The summed E-state index contributed by atoms with van der Waals surface area (Å²) < 4.78 is 26.6. The van der Waals surface area contributed by atoms with Crippen LogP contribution in [0.4, 0.5) is 5.69 Å². The maximum Gasteiger partial charge on any atom is 0.243 e. The molecule has 1 aliphatic rings. The van der Waals surface area contributed by atoms with E-state index in [0.29, 0.717) is 25.3 Å². The number of sulfonamides is 1. The number of fused-ring (bicyclic) bond motifs is 1. The van der Waals surface area contributed by atoms with Crippen LogP contribution in [0.5, 0.6) is 0 Å². The maximum absolute atomic E-state index is 12.6. The van der Waals surface area contributed by atoms with Crippen LogP contribution >= 0.6 is 0 Å². The van der Waals surface area contributed by atoms with Gasteiger partial charge in [-0.15, -0.1) is 0 Å². The van der Waals surface area contributed by atoms with Crippen LogP contribution in [0.1, 0.15) is 24.0 Å². The van der Waals surface area contributed by atoms with Crippen molar-refractivity contribution in [1.29, 1.82) is 0 Å². The molecule has 0 bridgehead atoms. The molecule has 1 aromatic heterocycles. The number of aromatic amines is 1. The van der Waals surface area contributed by atoms with Gasteiger partial charge in [-0.3, -0.25) is 4.79 Å². The first-order valence-corrected chi connectivity index (χ1v) is 12.0. The van der Waals surface area contributed by atoms with Crippen molar-refractivity contribution in [2.45, 2.75) is 31.1 Å². The SMILES string of the molecule is Cc1ccc2[nH]cc(CCNCC(=O)Nc3ccc(S(=O)(=O)N4CCCC4)cc3)c2c1. The monoisotopic (exact) mass is 440 g/mol. The van der Waals surface area contributed by atoms with Crippen LogP contribution in [0.3, 0.4) is 0 Å². The van der Waals surface area contributed by atoms with E-state index < -0.39 is 10.0 Å². The van der Waals surface area contributed by atoms with Gasteiger partial charge in [0.05, 0.1) is 11.4 Å². The molecule has 3 aromatic rings. The lowest BCUT2D eigenvalue weighted by Crippen LogP contribution is -2.29. The van der Waals surface area contributed by atoms with E-state index in [4.69, 9.17) is 0 Å². The number of rotatable bonds is 8. The number of carbonyl (C=O) groups excluding carboxylic acids is 1. The number of anilines is 1. The predicted molar refractivity (Wildman–Crippen MR) is 123 cm³/mol. The zero-order valence-corrected chi connectivity index (χ0v) is 18.5. The smallest absolute Gasteiger partial charge is 0.243 e. The molecule has 0 unspecified atom stereocenters. The molecule has 1 saturated heterocycles. The van der Waals surface area contributed by atoms with E-state index in [2.05, 4.69) is 40.7 Å². The second-order valence-electron chi connectivity index (χ2n) is 7.97. The van der Waals surface area contributed by atoms with E-state index >= 15 is 0 Å². The fourth-order valence-corrected chi connectivity index (χ4v) is 5.43. The fraction of sp³-hybridized carbons (Fsp3) is 0.348. The van der Waals surface area contributed by atoms with Gasteiger partial charge in [-0.2, -0.15) is 4.31 Å². The van der Waals surface area contributed by atoms with E-state index in [1.54, 1.807) is 24.3 Å². The summed E-state index contributed by atoms with van der Waals surface area (Å²) in [5.41, 5.74) is 4.15. The molecule has 0 spiro atoms. The van der Waals surface area contributed by atoms with Crippen LogP contribution in [0.2, 0.25) is 0 Å². The largest absolute Gasteiger partial charge is 0.361 e. The quantitative estimate of drug-likeness (QED) is 0.469. The van der Waals surface area contributed by atoms with Crippen molar-refractivity contribution in [2.75, 3.05) is 31.5 Å². The average molecular weight is 441 g/mol. The highest BCUT2D eigenvalue weighted by Crippen LogP contribution is 2.22. The molecule has 7 nitrogen and oxygen atoms in total. The number of aryl methyl sites for hydroxylation is 1. The molecule has 2 heterocycles. The summed E-state index contributed by atoms with van der Waals surface area (Å²) in [5, 5.41) is 7.19. The van der Waals surface area contributed by atoms with Crippen molar-refractivity contribution in [3.8, 4) is 0 Å². The van der Waals surface area contributed by atoms with E-state index in [1.807, 2.05) is 6.20 Å². The van der Waals surface area contributed by atoms with Crippen molar-refractivity contribution in [1.82, 2.24) is 14.6 Å². The van der Waals surface area contributed by atoms with Gasteiger partial charge in [0.15, 0.2) is 0 Å². The summed E-state index contributed by atoms with van der Waals surface area (Å²) in [6.45, 7) is 4.10. The lowest BCUT2D eigenvalue weighted by atomic mass is 10.1. The minimum Gasteiger partial charge on any atom is -0.361 e. The first-order chi connectivity index (χ1) is 14.9. The standard InChI is InChI=1S/C23H28N4O3S/c1-17-4-9-22-21(14-17)18(15-25-22)10-11-24-16-23(28)26-19-5-7-20(8-6-19)31(29,30)27-12-2-3-13-27/h4-9,14-15,24-25H,2-3,10-13,16H2,1H3,(H,26,28). The number of aromatic nitrogens is 1. The van der Waals surface area contributed by atoms with Crippen molar-refractivity contribution in [3.63, 3.8) is 0 Å². The van der Waals surface area contributed by atoms with Crippen molar-refractivity contribution >= 4 is 32.5 Å². The Bertz CT molecular complexity index is 1160. The Morgan fingerprint density at radius 3 is 2.58 bits per heavy atom. The summed E-state index contributed by atoms with van der Waals surface area (Å²) >= 11 is 0. The molecule has 8 heteroatoms. The minimum atomic E-state index is -3.44. The van der Waals surface area contributed by atoms with Gasteiger partial charge in [-0.05, 0) is 74.7 Å². The summed E-state index contributed by atoms with van der Waals surface area (Å²) in [6, 6.07) is 12.7. The molecular formula is C23H28N4O3S. The van der Waals surface area contributed by atoms with Crippen LogP contribution in [0, 0.1) is 6.92 Å². The number of nitrogens with zero attached hydrogens (tertiary/aromatic N) is 1. The van der Waals surface area contributed by atoms with Gasteiger partial charge in [-0.25, -0.2) is 8.42 Å². The molecule has 0 aliphatic carbocycles. The molecule has 0 radical (unpaired) electrons. The third kappa shape index (κ3) is 4.98. The van der Waals surface area contributed by atoms with Crippen LogP contribution in [0.25, 0.3) is 10.9 Å². The normalized spacial score (nSPS) is 14.9. The highest BCUT2D eigenvalue weighted by atomic mass is 32.2. The van der Waals surface area contributed by atoms with Crippen LogP contribution in [0.15, 0.2) is 53.6 Å². The first-order valence-electron chi connectivity index (χ1n) is 10.6. The topological polar surface area (TPSA) is 94.3 Å². The zero-order valence-electron chi connectivity index (χ0n) is 17.6. The maximum atomic E-state index is 12.6. The zero-order chi connectivity index (χ0) is 21.8. The molecule has 3 N–H and O–H groups in total. The molecule has 1 amide bonds. The van der Waals surface area contributed by atoms with E-state index in [1.165, 1.54) is 20.8 Å². The number of benzene rings is 2. The molecule has 2 aromatic carbocycles. The highest BCUT2D eigenvalue weighted by molar-refractivity contribution is 7.89. The van der Waals surface area contributed by atoms with Crippen molar-refractivity contribution < 1.29 is 13.2 Å². The third-order valence-electron chi connectivity index (χ3n) is 5.62. The lowest BCUT2D eigenvalue weighted by molar-refractivity contribution is -0.115. The van der Waals surface area contributed by atoms with Gasteiger partial charge in [0, 0.05) is 35.9 Å². The summed E-state index contributed by atoms with van der Waals surface area (Å²) in [4.78, 5) is 15.8. The molecule has 0 atom stereocenters. The number of carbonyl (C=O) groups is 1. The molecule has 164 valence electrons.